The van der Waals surface area contributed by atoms with Crippen LogP contribution in [0.15, 0.2) is 23.6 Å². The third-order valence-electron chi connectivity index (χ3n) is 5.59. The molecule has 1 heterocycles. The summed E-state index contributed by atoms with van der Waals surface area (Å²) in [6, 6.07) is 6.13. The van der Waals surface area contributed by atoms with Gasteiger partial charge in [0.1, 0.15) is 17.4 Å². The van der Waals surface area contributed by atoms with E-state index in [1.807, 2.05) is 16.3 Å². The SMILES string of the molecule is COCCCN(Cc1csc(COc2ccc(C)c(C)c2)n1)C(=O)C1CCCC1. The molecular formula is C23H32N2O3S. The average Bonchev–Trinajstić information content (AvgIpc) is 3.40. The maximum atomic E-state index is 13.0. The lowest BCUT2D eigenvalue weighted by Gasteiger charge is -2.25. The highest BCUT2D eigenvalue weighted by Crippen LogP contribution is 2.27. The number of benzene rings is 1. The van der Waals surface area contributed by atoms with Crippen molar-refractivity contribution in [3.8, 4) is 5.75 Å². The van der Waals surface area contributed by atoms with Crippen molar-refractivity contribution >= 4 is 17.2 Å². The molecule has 1 aromatic heterocycles. The van der Waals surface area contributed by atoms with E-state index >= 15 is 0 Å². The average molecular weight is 417 g/mol. The highest BCUT2D eigenvalue weighted by Gasteiger charge is 2.27. The van der Waals surface area contributed by atoms with Gasteiger partial charge < -0.3 is 14.4 Å². The van der Waals surface area contributed by atoms with Crippen LogP contribution in [0.5, 0.6) is 5.75 Å². The quantitative estimate of drug-likeness (QED) is 0.517. The number of carbonyl (C=O) groups excluding carboxylic acids is 1. The number of thiazole rings is 1. The summed E-state index contributed by atoms with van der Waals surface area (Å²) in [6.45, 7) is 6.59. The van der Waals surface area contributed by atoms with Crippen LogP contribution in [-0.4, -0.2) is 36.1 Å². The zero-order chi connectivity index (χ0) is 20.6. The van der Waals surface area contributed by atoms with Crippen LogP contribution in [0, 0.1) is 19.8 Å². The molecule has 0 unspecified atom stereocenters. The summed E-state index contributed by atoms with van der Waals surface area (Å²) >= 11 is 1.59. The largest absolute Gasteiger partial charge is 0.486 e. The molecule has 1 fully saturated rings. The van der Waals surface area contributed by atoms with Crippen LogP contribution in [0.3, 0.4) is 0 Å². The number of rotatable bonds is 10. The monoisotopic (exact) mass is 416 g/mol. The maximum Gasteiger partial charge on any atom is 0.226 e. The van der Waals surface area contributed by atoms with E-state index in [9.17, 15) is 4.79 Å². The first kappa shape index (κ1) is 21.8. The van der Waals surface area contributed by atoms with E-state index in [1.54, 1.807) is 18.4 Å². The Morgan fingerprint density at radius 1 is 1.24 bits per heavy atom. The summed E-state index contributed by atoms with van der Waals surface area (Å²) in [5, 5.41) is 2.98. The van der Waals surface area contributed by atoms with Gasteiger partial charge in [0.2, 0.25) is 5.91 Å². The van der Waals surface area contributed by atoms with Gasteiger partial charge in [-0.25, -0.2) is 4.98 Å². The lowest BCUT2D eigenvalue weighted by molar-refractivity contribution is -0.136. The van der Waals surface area contributed by atoms with Gasteiger partial charge in [-0.2, -0.15) is 0 Å². The van der Waals surface area contributed by atoms with Crippen molar-refractivity contribution in [1.82, 2.24) is 9.88 Å². The molecule has 0 spiro atoms. The molecule has 1 aliphatic rings. The van der Waals surface area contributed by atoms with Gasteiger partial charge in [-0.1, -0.05) is 18.9 Å². The third-order valence-corrected chi connectivity index (χ3v) is 6.46. The van der Waals surface area contributed by atoms with Crippen LogP contribution in [-0.2, 0) is 22.7 Å². The fraction of sp³-hybridized carbons (Fsp3) is 0.565. The summed E-state index contributed by atoms with van der Waals surface area (Å²) in [7, 11) is 1.70. The predicted octanol–water partition coefficient (Wildman–Crippen LogP) is 4.89. The predicted molar refractivity (Wildman–Crippen MR) is 116 cm³/mol. The van der Waals surface area contributed by atoms with E-state index < -0.39 is 0 Å². The van der Waals surface area contributed by atoms with Gasteiger partial charge in [-0.15, -0.1) is 11.3 Å². The number of carbonyl (C=O) groups is 1. The van der Waals surface area contributed by atoms with Gasteiger partial charge in [0.05, 0.1) is 12.2 Å². The normalized spacial score (nSPS) is 14.3. The molecule has 5 nitrogen and oxygen atoms in total. The van der Waals surface area contributed by atoms with Crippen LogP contribution < -0.4 is 4.74 Å². The van der Waals surface area contributed by atoms with E-state index in [0.29, 0.717) is 19.8 Å². The number of hydrogen-bond donors (Lipinski definition) is 0. The number of ether oxygens (including phenoxy) is 2. The minimum atomic E-state index is 0.184. The van der Waals surface area contributed by atoms with Crippen molar-refractivity contribution in [2.75, 3.05) is 20.3 Å². The highest BCUT2D eigenvalue weighted by molar-refractivity contribution is 7.09. The fourth-order valence-electron chi connectivity index (χ4n) is 3.73. The van der Waals surface area contributed by atoms with Crippen molar-refractivity contribution in [3.63, 3.8) is 0 Å². The maximum absolute atomic E-state index is 13.0. The van der Waals surface area contributed by atoms with E-state index in [2.05, 4.69) is 26.0 Å². The second-order valence-electron chi connectivity index (χ2n) is 7.85. The molecule has 0 N–H and O–H groups in total. The Morgan fingerprint density at radius 3 is 2.76 bits per heavy atom. The molecule has 0 bridgehead atoms. The molecule has 1 aliphatic carbocycles. The molecule has 0 atom stereocenters. The van der Waals surface area contributed by atoms with Gasteiger partial charge >= 0.3 is 0 Å². The van der Waals surface area contributed by atoms with Crippen LogP contribution >= 0.6 is 11.3 Å². The molecule has 2 aromatic rings. The topological polar surface area (TPSA) is 51.7 Å². The molecule has 0 aliphatic heterocycles. The number of amides is 1. The van der Waals surface area contributed by atoms with Crippen molar-refractivity contribution < 1.29 is 14.3 Å². The van der Waals surface area contributed by atoms with Gasteiger partial charge in [0, 0.05) is 31.6 Å². The summed E-state index contributed by atoms with van der Waals surface area (Å²) in [6.07, 6.45) is 5.22. The molecule has 29 heavy (non-hydrogen) atoms. The zero-order valence-electron chi connectivity index (χ0n) is 17.8. The minimum absolute atomic E-state index is 0.184. The van der Waals surface area contributed by atoms with Crippen molar-refractivity contribution in [2.45, 2.75) is 59.1 Å². The fourth-order valence-corrected chi connectivity index (χ4v) is 4.43. The Balaban J connectivity index is 1.58. The number of methoxy groups -OCH3 is 1. The Hall–Kier alpha value is -1.92. The summed E-state index contributed by atoms with van der Waals surface area (Å²) in [5.41, 5.74) is 3.42. The van der Waals surface area contributed by atoms with Gasteiger partial charge in [0.25, 0.3) is 0 Å². The van der Waals surface area contributed by atoms with Crippen molar-refractivity contribution in [1.29, 1.82) is 0 Å². The van der Waals surface area contributed by atoms with Gasteiger partial charge in [-0.3, -0.25) is 4.79 Å². The number of aryl methyl sites for hydroxylation is 2. The standard InChI is InChI=1S/C23H32N2O3S/c1-17-9-10-21(13-18(17)2)28-15-22-24-20(16-29-22)14-25(11-6-12-27-3)23(26)19-7-4-5-8-19/h9-10,13,16,19H,4-8,11-12,14-15H2,1-3H3. The highest BCUT2D eigenvalue weighted by atomic mass is 32.1. The molecule has 0 radical (unpaired) electrons. The molecular weight excluding hydrogens is 384 g/mol. The first-order valence-electron chi connectivity index (χ1n) is 10.5. The second-order valence-corrected chi connectivity index (χ2v) is 8.80. The first-order chi connectivity index (χ1) is 14.1. The van der Waals surface area contributed by atoms with Gasteiger partial charge in [0.15, 0.2) is 0 Å². The van der Waals surface area contributed by atoms with Crippen LogP contribution in [0.1, 0.15) is 53.9 Å². The van der Waals surface area contributed by atoms with Crippen molar-refractivity contribution in [3.05, 3.63) is 45.4 Å². The smallest absolute Gasteiger partial charge is 0.226 e. The summed E-state index contributed by atoms with van der Waals surface area (Å²) < 4.78 is 11.1. The Bertz CT molecular complexity index is 799. The number of nitrogens with zero attached hydrogens (tertiary/aromatic N) is 2. The van der Waals surface area contributed by atoms with E-state index in [0.717, 1.165) is 42.3 Å². The van der Waals surface area contributed by atoms with Crippen LogP contribution in [0.25, 0.3) is 0 Å². The molecule has 1 aromatic carbocycles. The minimum Gasteiger partial charge on any atom is -0.486 e. The number of hydrogen-bond acceptors (Lipinski definition) is 5. The summed E-state index contributed by atoms with van der Waals surface area (Å²) in [5.74, 6) is 1.32. The van der Waals surface area contributed by atoms with Crippen molar-refractivity contribution in [2.24, 2.45) is 5.92 Å². The van der Waals surface area contributed by atoms with E-state index in [1.165, 1.54) is 24.0 Å². The molecule has 1 amide bonds. The number of aromatic nitrogens is 1. The van der Waals surface area contributed by atoms with Crippen LogP contribution in [0.2, 0.25) is 0 Å². The molecule has 6 heteroatoms. The van der Waals surface area contributed by atoms with Gasteiger partial charge in [-0.05, 0) is 56.4 Å². The second kappa shape index (κ2) is 10.7. The Morgan fingerprint density at radius 2 is 2.03 bits per heavy atom. The lowest BCUT2D eigenvalue weighted by Crippen LogP contribution is -2.36. The molecule has 3 rings (SSSR count). The first-order valence-corrected chi connectivity index (χ1v) is 11.4. The molecule has 1 saturated carbocycles. The van der Waals surface area contributed by atoms with E-state index in [4.69, 9.17) is 14.5 Å². The van der Waals surface area contributed by atoms with Crippen LogP contribution in [0.4, 0.5) is 0 Å². The molecule has 158 valence electrons. The Labute approximate surface area is 178 Å². The Kier molecular flexibility index (Phi) is 8.07. The zero-order valence-corrected chi connectivity index (χ0v) is 18.6. The van der Waals surface area contributed by atoms with E-state index in [-0.39, 0.29) is 11.8 Å². The summed E-state index contributed by atoms with van der Waals surface area (Å²) in [4.78, 5) is 19.6. The molecule has 0 saturated heterocycles. The lowest BCUT2D eigenvalue weighted by atomic mass is 10.1. The third kappa shape index (κ3) is 6.28.